The van der Waals surface area contributed by atoms with Crippen molar-refractivity contribution in [3.05, 3.63) is 77.0 Å². The number of aryl methyl sites for hydroxylation is 1. The topological polar surface area (TPSA) is 88.9 Å². The first-order chi connectivity index (χ1) is 14.7. The number of nitrogens with zero attached hydrogens (tertiary/aromatic N) is 2. The van der Waals surface area contributed by atoms with Gasteiger partial charge in [0.15, 0.2) is 11.7 Å². The number of benzene rings is 2. The molecule has 0 saturated carbocycles. The number of amides is 1. The fraction of sp³-hybridized carbons (Fsp3) is 0.269. The molecule has 5 nitrogen and oxygen atoms in total. The Hall–Kier alpha value is -3.65. The summed E-state index contributed by atoms with van der Waals surface area (Å²) in [5.74, 6) is -2.01. The number of rotatable bonds is 4. The maximum Gasteiger partial charge on any atom is 0.239 e. The SMILES string of the molecule is Cc1ccccc1-n1c2c(c(C(C#N)C(N)=O)c1-c1ccccc1)C(=O)CC(C)(C)C2. The maximum atomic E-state index is 13.4. The Morgan fingerprint density at radius 1 is 1.10 bits per heavy atom. The van der Waals surface area contributed by atoms with Crippen LogP contribution in [0.5, 0.6) is 0 Å². The fourth-order valence-corrected chi connectivity index (χ4v) is 4.67. The number of ketones is 1. The van der Waals surface area contributed by atoms with Gasteiger partial charge in [-0.3, -0.25) is 9.59 Å². The first-order valence-corrected chi connectivity index (χ1v) is 10.4. The third kappa shape index (κ3) is 3.44. The van der Waals surface area contributed by atoms with Crippen LogP contribution in [0.1, 0.15) is 53.4 Å². The number of primary amides is 1. The summed E-state index contributed by atoms with van der Waals surface area (Å²) < 4.78 is 2.07. The second-order valence-corrected chi connectivity index (χ2v) is 8.98. The number of carbonyl (C=O) groups is 2. The quantitative estimate of drug-likeness (QED) is 0.675. The highest BCUT2D eigenvalue weighted by Crippen LogP contribution is 2.45. The summed E-state index contributed by atoms with van der Waals surface area (Å²) in [6.07, 6.45) is 1.01. The largest absolute Gasteiger partial charge is 0.368 e. The Balaban J connectivity index is 2.21. The van der Waals surface area contributed by atoms with Crippen LogP contribution in [0.2, 0.25) is 0 Å². The van der Waals surface area contributed by atoms with Crippen molar-refractivity contribution in [2.45, 2.75) is 39.5 Å². The predicted molar refractivity (Wildman–Crippen MR) is 120 cm³/mol. The number of nitriles is 1. The van der Waals surface area contributed by atoms with Gasteiger partial charge in [-0.1, -0.05) is 62.4 Å². The minimum absolute atomic E-state index is 0.0488. The normalized spacial score (nSPS) is 15.7. The standard InChI is InChI=1S/C26H25N3O2/c1-16-9-7-8-12-19(16)29-20-13-26(2,3)14-21(30)23(20)22(18(15-27)25(28)31)24(29)17-10-5-4-6-11-17/h4-12,18H,13-14H2,1-3H3,(H2,28,31). The lowest BCUT2D eigenvalue weighted by Gasteiger charge is -2.30. The summed E-state index contributed by atoms with van der Waals surface area (Å²) in [4.78, 5) is 25.7. The Bertz CT molecular complexity index is 1230. The Morgan fingerprint density at radius 2 is 1.74 bits per heavy atom. The monoisotopic (exact) mass is 411 g/mol. The number of Topliss-reactive ketones (excluding diaryl/α,β-unsaturated/α-hetero) is 1. The first kappa shape index (κ1) is 20.6. The molecule has 31 heavy (non-hydrogen) atoms. The van der Waals surface area contributed by atoms with Gasteiger partial charge in [-0.25, -0.2) is 0 Å². The van der Waals surface area contributed by atoms with Crippen molar-refractivity contribution >= 4 is 11.7 Å². The maximum absolute atomic E-state index is 13.4. The van der Waals surface area contributed by atoms with E-state index in [2.05, 4.69) is 24.5 Å². The zero-order chi connectivity index (χ0) is 22.3. The van der Waals surface area contributed by atoms with Crippen LogP contribution in [0, 0.1) is 23.7 Å². The number of aromatic nitrogens is 1. The Labute approximate surface area is 182 Å². The average Bonchev–Trinajstić information content (AvgIpc) is 3.03. The van der Waals surface area contributed by atoms with Crippen molar-refractivity contribution < 1.29 is 9.59 Å². The van der Waals surface area contributed by atoms with Crippen LogP contribution in [0.15, 0.2) is 54.6 Å². The van der Waals surface area contributed by atoms with Gasteiger partial charge in [0, 0.05) is 28.9 Å². The number of hydrogen-bond acceptors (Lipinski definition) is 3. The number of carbonyl (C=O) groups excluding carboxylic acids is 2. The van der Waals surface area contributed by atoms with Crippen molar-refractivity contribution in [1.82, 2.24) is 4.57 Å². The minimum Gasteiger partial charge on any atom is -0.368 e. The molecule has 4 rings (SSSR count). The van der Waals surface area contributed by atoms with E-state index in [9.17, 15) is 14.9 Å². The van der Waals surface area contributed by atoms with E-state index in [1.165, 1.54) is 0 Å². The highest BCUT2D eigenvalue weighted by molar-refractivity contribution is 6.05. The summed E-state index contributed by atoms with van der Waals surface area (Å²) in [5.41, 5.74) is 10.7. The molecule has 0 radical (unpaired) electrons. The van der Waals surface area contributed by atoms with E-state index >= 15 is 0 Å². The lowest BCUT2D eigenvalue weighted by molar-refractivity contribution is -0.118. The number of nitrogens with two attached hydrogens (primary N) is 1. The van der Waals surface area contributed by atoms with Crippen LogP contribution in [-0.4, -0.2) is 16.3 Å². The second-order valence-electron chi connectivity index (χ2n) is 8.98. The first-order valence-electron chi connectivity index (χ1n) is 10.4. The smallest absolute Gasteiger partial charge is 0.239 e. The van der Waals surface area contributed by atoms with E-state index in [1.54, 1.807) is 0 Å². The van der Waals surface area contributed by atoms with Gasteiger partial charge in [-0.15, -0.1) is 0 Å². The molecular weight excluding hydrogens is 386 g/mol. The van der Waals surface area contributed by atoms with Crippen LogP contribution < -0.4 is 5.73 Å². The molecule has 2 N–H and O–H groups in total. The van der Waals surface area contributed by atoms with Gasteiger partial charge in [0.25, 0.3) is 0 Å². The number of fused-ring (bicyclic) bond motifs is 1. The van der Waals surface area contributed by atoms with Gasteiger partial charge in [-0.2, -0.15) is 5.26 Å². The van der Waals surface area contributed by atoms with Gasteiger partial charge in [-0.05, 0) is 36.0 Å². The highest BCUT2D eigenvalue weighted by Gasteiger charge is 2.41. The summed E-state index contributed by atoms with van der Waals surface area (Å²) in [6, 6.07) is 19.6. The van der Waals surface area contributed by atoms with Crippen molar-refractivity contribution in [2.24, 2.45) is 11.1 Å². The third-order valence-electron chi connectivity index (χ3n) is 5.98. The third-order valence-corrected chi connectivity index (χ3v) is 5.98. The molecule has 156 valence electrons. The van der Waals surface area contributed by atoms with E-state index in [0.717, 1.165) is 22.5 Å². The van der Waals surface area contributed by atoms with Crippen molar-refractivity contribution in [1.29, 1.82) is 5.26 Å². The van der Waals surface area contributed by atoms with Crippen LogP contribution in [-0.2, 0) is 11.2 Å². The average molecular weight is 412 g/mol. The molecule has 1 amide bonds. The molecule has 0 fully saturated rings. The molecule has 0 spiro atoms. The van der Waals surface area contributed by atoms with Gasteiger partial charge < -0.3 is 10.3 Å². The molecule has 1 heterocycles. The molecular formula is C26H25N3O2. The van der Waals surface area contributed by atoms with Gasteiger partial charge in [0.05, 0.1) is 11.8 Å². The van der Waals surface area contributed by atoms with E-state index in [-0.39, 0.29) is 11.2 Å². The van der Waals surface area contributed by atoms with Crippen LogP contribution >= 0.6 is 0 Å². The summed E-state index contributed by atoms with van der Waals surface area (Å²) in [6.45, 7) is 6.16. The molecule has 3 aromatic rings. The number of para-hydroxylation sites is 1. The van der Waals surface area contributed by atoms with Gasteiger partial charge in [0.1, 0.15) is 0 Å². The molecule has 2 aromatic carbocycles. The molecule has 0 aliphatic heterocycles. The van der Waals surface area contributed by atoms with Crippen LogP contribution in [0.4, 0.5) is 0 Å². The van der Waals surface area contributed by atoms with E-state index in [1.807, 2.05) is 61.5 Å². The summed E-state index contributed by atoms with van der Waals surface area (Å²) in [5, 5.41) is 9.87. The van der Waals surface area contributed by atoms with Crippen LogP contribution in [0.3, 0.4) is 0 Å². The fourth-order valence-electron chi connectivity index (χ4n) is 4.67. The molecule has 0 bridgehead atoms. The number of hydrogen-bond donors (Lipinski definition) is 1. The lowest BCUT2D eigenvalue weighted by atomic mass is 9.74. The van der Waals surface area contributed by atoms with E-state index in [0.29, 0.717) is 29.7 Å². The zero-order valence-corrected chi connectivity index (χ0v) is 18.0. The molecule has 1 unspecified atom stereocenters. The second kappa shape index (κ2) is 7.55. The van der Waals surface area contributed by atoms with Crippen molar-refractivity contribution in [3.63, 3.8) is 0 Å². The molecule has 5 heteroatoms. The van der Waals surface area contributed by atoms with Crippen molar-refractivity contribution in [2.75, 3.05) is 0 Å². The van der Waals surface area contributed by atoms with E-state index < -0.39 is 11.8 Å². The van der Waals surface area contributed by atoms with Crippen LogP contribution in [0.25, 0.3) is 16.9 Å². The minimum atomic E-state index is -1.21. The Morgan fingerprint density at radius 3 is 2.35 bits per heavy atom. The summed E-state index contributed by atoms with van der Waals surface area (Å²) >= 11 is 0. The van der Waals surface area contributed by atoms with Crippen molar-refractivity contribution in [3.8, 4) is 23.0 Å². The molecule has 1 atom stereocenters. The Kier molecular flexibility index (Phi) is 5.02. The molecule has 0 saturated heterocycles. The summed E-state index contributed by atoms with van der Waals surface area (Å²) in [7, 11) is 0. The molecule has 1 aliphatic rings. The zero-order valence-electron chi connectivity index (χ0n) is 18.0. The molecule has 1 aromatic heterocycles. The lowest BCUT2D eigenvalue weighted by Crippen LogP contribution is -2.29. The van der Waals surface area contributed by atoms with Gasteiger partial charge in [0.2, 0.25) is 5.91 Å². The predicted octanol–water partition coefficient (Wildman–Crippen LogP) is 4.70. The van der Waals surface area contributed by atoms with Gasteiger partial charge >= 0.3 is 0 Å². The van der Waals surface area contributed by atoms with E-state index in [4.69, 9.17) is 5.73 Å². The highest BCUT2D eigenvalue weighted by atomic mass is 16.1. The molecule has 1 aliphatic carbocycles.